The van der Waals surface area contributed by atoms with Crippen molar-refractivity contribution in [3.8, 4) is 11.8 Å². The van der Waals surface area contributed by atoms with E-state index in [1.54, 1.807) is 18.2 Å². The second-order valence-corrected chi connectivity index (χ2v) is 6.00. The SMILES string of the molecule is CCN(CC)S(=O)(=O)c1ccc(C)cc1C#CCN. The number of hydrogen-bond acceptors (Lipinski definition) is 3. The molecular weight excluding hydrogens is 260 g/mol. The molecule has 0 aliphatic heterocycles. The first-order chi connectivity index (χ1) is 8.97. The van der Waals surface area contributed by atoms with E-state index >= 15 is 0 Å². The number of hydrogen-bond donors (Lipinski definition) is 1. The normalized spacial score (nSPS) is 11.2. The van der Waals surface area contributed by atoms with Crippen molar-refractivity contribution in [3.63, 3.8) is 0 Å². The summed E-state index contributed by atoms with van der Waals surface area (Å²) in [5.74, 6) is 5.56. The summed E-state index contributed by atoms with van der Waals surface area (Å²) >= 11 is 0. The van der Waals surface area contributed by atoms with Gasteiger partial charge in [-0.05, 0) is 24.6 Å². The molecule has 4 nitrogen and oxygen atoms in total. The number of rotatable bonds is 4. The molecule has 0 aliphatic rings. The van der Waals surface area contributed by atoms with Crippen LogP contribution in [0.3, 0.4) is 0 Å². The first-order valence-electron chi connectivity index (χ1n) is 6.27. The van der Waals surface area contributed by atoms with Crippen molar-refractivity contribution < 1.29 is 8.42 Å². The third-order valence-corrected chi connectivity index (χ3v) is 4.89. The molecule has 0 saturated carbocycles. The summed E-state index contributed by atoms with van der Waals surface area (Å²) in [4.78, 5) is 0.253. The molecule has 0 aromatic heterocycles. The number of aryl methyl sites for hydroxylation is 1. The molecule has 0 amide bonds. The topological polar surface area (TPSA) is 63.4 Å². The van der Waals surface area contributed by atoms with E-state index in [1.165, 1.54) is 4.31 Å². The van der Waals surface area contributed by atoms with Gasteiger partial charge in [-0.25, -0.2) is 8.42 Å². The van der Waals surface area contributed by atoms with E-state index < -0.39 is 10.0 Å². The summed E-state index contributed by atoms with van der Waals surface area (Å²) in [6.07, 6.45) is 0. The van der Waals surface area contributed by atoms with E-state index in [1.807, 2.05) is 20.8 Å². The number of nitrogens with zero attached hydrogens (tertiary/aromatic N) is 1. The van der Waals surface area contributed by atoms with Gasteiger partial charge in [0.2, 0.25) is 10.0 Å². The van der Waals surface area contributed by atoms with Gasteiger partial charge in [-0.15, -0.1) is 0 Å². The largest absolute Gasteiger partial charge is 0.320 e. The fourth-order valence-corrected chi connectivity index (χ4v) is 3.40. The van der Waals surface area contributed by atoms with Crippen LogP contribution in [0.2, 0.25) is 0 Å². The Morgan fingerprint density at radius 1 is 1.26 bits per heavy atom. The Hall–Kier alpha value is -1.35. The Balaban J connectivity index is 3.41. The average Bonchev–Trinajstić information content (AvgIpc) is 2.37. The standard InChI is InChI=1S/C14H20N2O2S/c1-4-16(5-2)19(17,18)14-9-8-12(3)11-13(14)7-6-10-15/h8-9,11H,4-5,10,15H2,1-3H3. The number of benzene rings is 1. The maximum Gasteiger partial charge on any atom is 0.244 e. The van der Waals surface area contributed by atoms with Gasteiger partial charge in [0.1, 0.15) is 0 Å². The Bertz CT molecular complexity index is 594. The quantitative estimate of drug-likeness (QED) is 0.846. The highest BCUT2D eigenvalue weighted by Gasteiger charge is 2.24. The molecule has 0 fully saturated rings. The fraction of sp³-hybridized carbons (Fsp3) is 0.429. The second-order valence-electron chi connectivity index (χ2n) is 4.09. The van der Waals surface area contributed by atoms with E-state index in [0.717, 1.165) is 5.56 Å². The van der Waals surface area contributed by atoms with Crippen LogP contribution in [0.15, 0.2) is 23.1 Å². The molecule has 0 unspecified atom stereocenters. The molecule has 0 saturated heterocycles. The van der Waals surface area contributed by atoms with E-state index in [9.17, 15) is 8.42 Å². The Morgan fingerprint density at radius 3 is 2.42 bits per heavy atom. The van der Waals surface area contributed by atoms with Crippen molar-refractivity contribution in [1.82, 2.24) is 4.31 Å². The number of nitrogens with two attached hydrogens (primary N) is 1. The maximum absolute atomic E-state index is 12.5. The minimum atomic E-state index is -3.49. The lowest BCUT2D eigenvalue weighted by Gasteiger charge is -2.19. The summed E-state index contributed by atoms with van der Waals surface area (Å²) in [5.41, 5.74) is 6.84. The summed E-state index contributed by atoms with van der Waals surface area (Å²) in [6.45, 7) is 6.63. The van der Waals surface area contributed by atoms with Gasteiger partial charge < -0.3 is 5.73 Å². The fourth-order valence-electron chi connectivity index (χ4n) is 1.82. The first kappa shape index (κ1) is 15.7. The van der Waals surface area contributed by atoms with Crippen molar-refractivity contribution in [2.45, 2.75) is 25.7 Å². The van der Waals surface area contributed by atoms with Gasteiger partial charge in [0.15, 0.2) is 0 Å². The third kappa shape index (κ3) is 3.57. The van der Waals surface area contributed by atoms with Crippen LogP contribution in [0.1, 0.15) is 25.0 Å². The Kier molecular flexibility index (Phi) is 5.55. The molecule has 0 aliphatic carbocycles. The lowest BCUT2D eigenvalue weighted by atomic mass is 10.1. The maximum atomic E-state index is 12.5. The van der Waals surface area contributed by atoms with Crippen molar-refractivity contribution >= 4 is 10.0 Å². The zero-order chi connectivity index (χ0) is 14.5. The van der Waals surface area contributed by atoms with Crippen LogP contribution in [-0.4, -0.2) is 32.4 Å². The highest BCUT2D eigenvalue weighted by molar-refractivity contribution is 7.89. The summed E-state index contributed by atoms with van der Waals surface area (Å²) in [6, 6.07) is 5.17. The summed E-state index contributed by atoms with van der Waals surface area (Å²) < 4.78 is 26.5. The van der Waals surface area contributed by atoms with E-state index in [0.29, 0.717) is 18.7 Å². The second kappa shape index (κ2) is 6.71. The third-order valence-electron chi connectivity index (χ3n) is 2.78. The molecule has 104 valence electrons. The zero-order valence-corrected chi connectivity index (χ0v) is 12.4. The van der Waals surface area contributed by atoms with Gasteiger partial charge in [0.25, 0.3) is 0 Å². The van der Waals surface area contributed by atoms with Gasteiger partial charge in [-0.2, -0.15) is 4.31 Å². The minimum absolute atomic E-state index is 0.207. The molecule has 19 heavy (non-hydrogen) atoms. The lowest BCUT2D eigenvalue weighted by molar-refractivity contribution is 0.445. The smallest absolute Gasteiger partial charge is 0.244 e. The highest BCUT2D eigenvalue weighted by Crippen LogP contribution is 2.20. The van der Waals surface area contributed by atoms with Gasteiger partial charge >= 0.3 is 0 Å². The molecule has 0 bridgehead atoms. The van der Waals surface area contributed by atoms with Gasteiger partial charge in [0, 0.05) is 18.7 Å². The molecule has 5 heteroatoms. The van der Waals surface area contributed by atoms with Crippen LogP contribution < -0.4 is 5.73 Å². The van der Waals surface area contributed by atoms with Crippen LogP contribution in [0.4, 0.5) is 0 Å². The molecule has 2 N–H and O–H groups in total. The summed E-state index contributed by atoms with van der Waals surface area (Å²) in [7, 11) is -3.49. The zero-order valence-electron chi connectivity index (χ0n) is 11.6. The first-order valence-corrected chi connectivity index (χ1v) is 7.71. The molecule has 1 aromatic rings. The van der Waals surface area contributed by atoms with Crippen LogP contribution in [-0.2, 0) is 10.0 Å². The lowest BCUT2D eigenvalue weighted by Crippen LogP contribution is -2.31. The minimum Gasteiger partial charge on any atom is -0.320 e. The predicted molar refractivity (Wildman–Crippen MR) is 77.2 cm³/mol. The Morgan fingerprint density at radius 2 is 1.89 bits per heavy atom. The number of sulfonamides is 1. The van der Waals surface area contributed by atoms with Crippen molar-refractivity contribution in [3.05, 3.63) is 29.3 Å². The van der Waals surface area contributed by atoms with Crippen molar-refractivity contribution in [2.24, 2.45) is 5.73 Å². The van der Waals surface area contributed by atoms with Crippen LogP contribution in [0.25, 0.3) is 0 Å². The molecule has 0 atom stereocenters. The van der Waals surface area contributed by atoms with E-state index in [2.05, 4.69) is 11.8 Å². The van der Waals surface area contributed by atoms with E-state index in [-0.39, 0.29) is 11.4 Å². The van der Waals surface area contributed by atoms with Crippen molar-refractivity contribution in [2.75, 3.05) is 19.6 Å². The Labute approximate surface area is 115 Å². The molecule has 0 heterocycles. The van der Waals surface area contributed by atoms with Crippen molar-refractivity contribution in [1.29, 1.82) is 0 Å². The molecule has 0 spiro atoms. The van der Waals surface area contributed by atoms with E-state index in [4.69, 9.17) is 5.73 Å². The highest BCUT2D eigenvalue weighted by atomic mass is 32.2. The van der Waals surface area contributed by atoms with Crippen LogP contribution >= 0.6 is 0 Å². The molecular formula is C14H20N2O2S. The summed E-state index contributed by atoms with van der Waals surface area (Å²) in [5, 5.41) is 0. The monoisotopic (exact) mass is 280 g/mol. The molecule has 1 rings (SSSR count). The van der Waals surface area contributed by atoms with Gasteiger partial charge in [-0.1, -0.05) is 31.8 Å². The molecule has 1 aromatic carbocycles. The molecule has 0 radical (unpaired) electrons. The van der Waals surface area contributed by atoms with Gasteiger partial charge in [-0.3, -0.25) is 0 Å². The van der Waals surface area contributed by atoms with Crippen LogP contribution in [0.5, 0.6) is 0 Å². The average molecular weight is 280 g/mol. The predicted octanol–water partition coefficient (Wildman–Crippen LogP) is 1.34. The van der Waals surface area contributed by atoms with Crippen LogP contribution in [0, 0.1) is 18.8 Å². The van der Waals surface area contributed by atoms with Gasteiger partial charge in [0.05, 0.1) is 11.4 Å².